The van der Waals surface area contributed by atoms with Crippen LogP contribution in [0, 0.1) is 5.82 Å². The summed E-state index contributed by atoms with van der Waals surface area (Å²) in [5.41, 5.74) is -0.214. The molecule has 3 rings (SSSR count). The van der Waals surface area contributed by atoms with Crippen LogP contribution in [-0.4, -0.2) is 49.7 Å². The molecule has 0 spiro atoms. The van der Waals surface area contributed by atoms with E-state index in [1.807, 2.05) is 0 Å². The van der Waals surface area contributed by atoms with Crippen LogP contribution in [0.25, 0.3) is 0 Å². The third-order valence-electron chi connectivity index (χ3n) is 4.21. The highest BCUT2D eigenvalue weighted by atomic mass is 35.5. The molecule has 0 aromatic heterocycles. The minimum absolute atomic E-state index is 0.0146. The van der Waals surface area contributed by atoms with Crippen molar-refractivity contribution in [1.82, 2.24) is 9.21 Å². The molecule has 2 aromatic rings. The monoisotopic (exact) mass is 450 g/mol. The Bertz CT molecular complexity index is 973. The smallest absolute Gasteiger partial charge is 0.258 e. The third kappa shape index (κ3) is 4.07. The fourth-order valence-corrected chi connectivity index (χ4v) is 5.21. The van der Waals surface area contributed by atoms with Gasteiger partial charge in [-0.25, -0.2) is 12.8 Å². The van der Waals surface area contributed by atoms with Crippen LogP contribution in [0.3, 0.4) is 0 Å². The van der Waals surface area contributed by atoms with Gasteiger partial charge >= 0.3 is 0 Å². The van der Waals surface area contributed by atoms with Gasteiger partial charge < -0.3 is 4.90 Å². The van der Waals surface area contributed by atoms with Crippen molar-refractivity contribution in [1.29, 1.82) is 0 Å². The van der Waals surface area contributed by atoms with E-state index in [1.54, 1.807) is 0 Å². The van der Waals surface area contributed by atoms with Gasteiger partial charge in [0.25, 0.3) is 5.91 Å². The van der Waals surface area contributed by atoms with E-state index in [2.05, 4.69) is 0 Å². The van der Waals surface area contributed by atoms with Crippen LogP contribution in [0.4, 0.5) is 4.39 Å². The first-order valence-electron chi connectivity index (χ1n) is 7.90. The Labute approximate surface area is 171 Å². The number of halogens is 4. The van der Waals surface area contributed by atoms with Gasteiger partial charge in [0, 0.05) is 31.2 Å². The molecule has 0 aliphatic carbocycles. The van der Waals surface area contributed by atoms with Gasteiger partial charge in [0.1, 0.15) is 10.7 Å². The van der Waals surface area contributed by atoms with Gasteiger partial charge in [0.2, 0.25) is 10.0 Å². The van der Waals surface area contributed by atoms with Crippen molar-refractivity contribution >= 4 is 50.7 Å². The van der Waals surface area contributed by atoms with E-state index in [4.69, 9.17) is 34.8 Å². The minimum atomic E-state index is -3.87. The normalized spacial score (nSPS) is 15.8. The molecule has 1 aliphatic heterocycles. The lowest BCUT2D eigenvalue weighted by atomic mass is 10.1. The van der Waals surface area contributed by atoms with E-state index >= 15 is 0 Å². The molecule has 10 heteroatoms. The molecule has 0 atom stereocenters. The van der Waals surface area contributed by atoms with Gasteiger partial charge in [-0.2, -0.15) is 4.31 Å². The molecule has 1 fully saturated rings. The molecule has 5 nitrogen and oxygen atoms in total. The summed E-state index contributed by atoms with van der Waals surface area (Å²) in [4.78, 5) is 13.8. The van der Waals surface area contributed by atoms with Crippen molar-refractivity contribution in [3.8, 4) is 0 Å². The Hall–Kier alpha value is -1.38. The van der Waals surface area contributed by atoms with Crippen molar-refractivity contribution in [2.45, 2.75) is 4.90 Å². The van der Waals surface area contributed by atoms with Crippen molar-refractivity contribution in [3.63, 3.8) is 0 Å². The third-order valence-corrected chi connectivity index (χ3v) is 7.14. The summed E-state index contributed by atoms with van der Waals surface area (Å²) in [7, 11) is -3.87. The summed E-state index contributed by atoms with van der Waals surface area (Å²) >= 11 is 17.8. The average molecular weight is 452 g/mol. The maximum atomic E-state index is 14.0. The first-order chi connectivity index (χ1) is 12.7. The molecule has 0 saturated carbocycles. The maximum absolute atomic E-state index is 14.0. The lowest BCUT2D eigenvalue weighted by molar-refractivity contribution is 0.0693. The quantitative estimate of drug-likeness (QED) is 0.710. The molecule has 27 heavy (non-hydrogen) atoms. The number of hydrogen-bond acceptors (Lipinski definition) is 3. The summed E-state index contributed by atoms with van der Waals surface area (Å²) < 4.78 is 40.8. The van der Waals surface area contributed by atoms with Gasteiger partial charge in [-0.15, -0.1) is 0 Å². The second-order valence-electron chi connectivity index (χ2n) is 5.87. The molecular weight excluding hydrogens is 438 g/mol. The summed E-state index contributed by atoms with van der Waals surface area (Å²) in [5, 5.41) is 0.331. The fraction of sp³-hybridized carbons (Fsp3) is 0.235. The number of carbonyl (C=O) groups excluding carboxylic acids is 1. The van der Waals surface area contributed by atoms with Gasteiger partial charge in [-0.1, -0.05) is 40.9 Å². The molecule has 0 unspecified atom stereocenters. The Morgan fingerprint density at radius 3 is 2.26 bits per heavy atom. The van der Waals surface area contributed by atoms with Gasteiger partial charge in [-0.05, 0) is 30.3 Å². The van der Waals surface area contributed by atoms with Crippen LogP contribution in [0.15, 0.2) is 41.3 Å². The van der Waals surface area contributed by atoms with Crippen molar-refractivity contribution < 1.29 is 17.6 Å². The van der Waals surface area contributed by atoms with Crippen molar-refractivity contribution in [2.75, 3.05) is 26.2 Å². The van der Waals surface area contributed by atoms with Gasteiger partial charge in [0.05, 0.1) is 15.6 Å². The number of benzene rings is 2. The zero-order valence-electron chi connectivity index (χ0n) is 13.8. The van der Waals surface area contributed by atoms with Crippen LogP contribution in [0.1, 0.15) is 10.4 Å². The molecule has 144 valence electrons. The molecule has 1 aliphatic rings. The average Bonchev–Trinajstić information content (AvgIpc) is 2.63. The molecule has 1 amide bonds. The van der Waals surface area contributed by atoms with E-state index in [1.165, 1.54) is 39.5 Å². The number of carbonyl (C=O) groups is 1. The van der Waals surface area contributed by atoms with E-state index in [0.717, 1.165) is 6.07 Å². The first-order valence-corrected chi connectivity index (χ1v) is 10.5. The Kier molecular flexibility index (Phi) is 5.98. The van der Waals surface area contributed by atoms with Crippen LogP contribution >= 0.6 is 34.8 Å². The SMILES string of the molecule is O=C(c1c(F)cccc1Cl)N1CCN(S(=O)(=O)c2cc(Cl)ccc2Cl)CC1. The summed E-state index contributed by atoms with van der Waals surface area (Å²) in [6.07, 6.45) is 0. The number of hydrogen-bond donors (Lipinski definition) is 0. The maximum Gasteiger partial charge on any atom is 0.258 e. The van der Waals surface area contributed by atoms with Crippen molar-refractivity contribution in [3.05, 3.63) is 62.8 Å². The largest absolute Gasteiger partial charge is 0.336 e. The van der Waals surface area contributed by atoms with Crippen LogP contribution < -0.4 is 0 Å². The number of nitrogens with zero attached hydrogens (tertiary/aromatic N) is 2. The predicted octanol–water partition coefficient (Wildman–Crippen LogP) is 3.93. The molecule has 0 bridgehead atoms. The van der Waals surface area contributed by atoms with Crippen LogP contribution in [0.5, 0.6) is 0 Å². The lowest BCUT2D eigenvalue weighted by Gasteiger charge is -2.34. The zero-order valence-corrected chi connectivity index (χ0v) is 16.9. The van der Waals surface area contributed by atoms with E-state index in [-0.39, 0.29) is 51.7 Å². The summed E-state index contributed by atoms with van der Waals surface area (Å²) in [6.45, 7) is 0.286. The Morgan fingerprint density at radius 1 is 0.963 bits per heavy atom. The molecule has 0 N–H and O–H groups in total. The number of amides is 1. The number of rotatable bonds is 3. The molecule has 2 aromatic carbocycles. The van der Waals surface area contributed by atoms with E-state index in [9.17, 15) is 17.6 Å². The molecule has 0 radical (unpaired) electrons. The number of sulfonamides is 1. The zero-order chi connectivity index (χ0) is 19.8. The minimum Gasteiger partial charge on any atom is -0.336 e. The standard InChI is InChI=1S/C17H14Cl3FN2O3S/c18-11-4-5-12(19)15(10-11)27(25,26)23-8-6-22(7-9-23)17(24)16-13(20)2-1-3-14(16)21/h1-5,10H,6-9H2. The highest BCUT2D eigenvalue weighted by Crippen LogP contribution is 2.29. The second kappa shape index (κ2) is 7.93. The number of piperazine rings is 1. The van der Waals surface area contributed by atoms with Crippen molar-refractivity contribution in [2.24, 2.45) is 0 Å². The Balaban J connectivity index is 1.77. The highest BCUT2D eigenvalue weighted by Gasteiger charge is 2.33. The fourth-order valence-electron chi connectivity index (χ4n) is 2.81. The van der Waals surface area contributed by atoms with Gasteiger partial charge in [0.15, 0.2) is 0 Å². The topological polar surface area (TPSA) is 57.7 Å². The van der Waals surface area contributed by atoms with E-state index < -0.39 is 21.7 Å². The predicted molar refractivity (Wildman–Crippen MR) is 103 cm³/mol. The van der Waals surface area contributed by atoms with Crippen LogP contribution in [-0.2, 0) is 10.0 Å². The highest BCUT2D eigenvalue weighted by molar-refractivity contribution is 7.89. The second-order valence-corrected chi connectivity index (χ2v) is 9.02. The van der Waals surface area contributed by atoms with Crippen LogP contribution in [0.2, 0.25) is 15.1 Å². The first kappa shape index (κ1) is 20.4. The van der Waals surface area contributed by atoms with Gasteiger partial charge in [-0.3, -0.25) is 4.79 Å². The summed E-state index contributed by atoms with van der Waals surface area (Å²) in [6, 6.07) is 8.19. The Morgan fingerprint density at radius 2 is 1.63 bits per heavy atom. The molecule has 1 saturated heterocycles. The molecular formula is C17H14Cl3FN2O3S. The summed E-state index contributed by atoms with van der Waals surface area (Å²) in [5.74, 6) is -1.29. The van der Waals surface area contributed by atoms with E-state index in [0.29, 0.717) is 0 Å². The molecule has 1 heterocycles. The lowest BCUT2D eigenvalue weighted by Crippen LogP contribution is -2.50.